The van der Waals surface area contributed by atoms with E-state index in [1.165, 1.54) is 92.7 Å². The standard InChI is InChI=1S/C33H52N2O6S4/c1-2-23(21-30-34(17-7-19-41-44(36)37)32-26-11-5-3-9-24(26)13-15-28(32)42-30)22-31-35(18-8-20-45(38,39)40)33-27-12-6-4-10-25(27)14-16-29(33)43-31/h21-22,24-29,32-33H,2-20H2,1H3,(H-,36,37,38,39,40). The molecule has 0 aromatic heterocycles. The SMILES string of the molecule is CCC(=CC1=[N+](CCCS(=O)(=O)[O-])C2C(CCC3CCCCC32)S1)C=C1SC2CCC3CCCCC3C2N1CCCOS(=O)O. The van der Waals surface area contributed by atoms with Gasteiger partial charge < -0.3 is 9.45 Å². The molecule has 6 rings (SSSR count). The van der Waals surface area contributed by atoms with Crippen molar-refractivity contribution in [2.45, 2.75) is 126 Å². The van der Waals surface area contributed by atoms with Gasteiger partial charge in [-0.25, -0.2) is 13.0 Å². The maximum atomic E-state index is 11.5. The lowest BCUT2D eigenvalue weighted by Crippen LogP contribution is -2.48. The van der Waals surface area contributed by atoms with Crippen molar-refractivity contribution in [3.05, 3.63) is 22.8 Å². The summed E-state index contributed by atoms with van der Waals surface area (Å²) in [5, 5.41) is 3.70. The fraction of sp³-hybridized carbons (Fsp3) is 0.848. The molecule has 0 aromatic rings. The first-order chi connectivity index (χ1) is 21.7. The third-order valence-electron chi connectivity index (χ3n) is 11.6. The summed E-state index contributed by atoms with van der Waals surface area (Å²) in [5.74, 6) is 2.66. The number of hydrogen-bond donors (Lipinski definition) is 1. The molecule has 4 saturated carbocycles. The lowest BCUT2D eigenvalue weighted by molar-refractivity contribution is -0.572. The Bertz CT molecular complexity index is 1290. The van der Waals surface area contributed by atoms with Crippen LogP contribution in [0.5, 0.6) is 0 Å². The van der Waals surface area contributed by atoms with Crippen LogP contribution in [0.25, 0.3) is 0 Å². The zero-order valence-corrected chi connectivity index (χ0v) is 30.0. The van der Waals surface area contributed by atoms with Gasteiger partial charge >= 0.3 is 11.4 Å². The minimum atomic E-state index is -4.23. The Hall–Kier alpha value is -0.370. The summed E-state index contributed by atoms with van der Waals surface area (Å²) >= 11 is 1.80. The molecule has 1 N–H and O–H groups in total. The summed E-state index contributed by atoms with van der Waals surface area (Å²) in [6.07, 6.45) is 22.4. The highest BCUT2D eigenvalue weighted by atomic mass is 32.2. The van der Waals surface area contributed by atoms with Crippen LogP contribution in [0, 0.1) is 23.7 Å². The first kappa shape index (κ1) is 34.5. The van der Waals surface area contributed by atoms with Gasteiger partial charge in [0.05, 0.1) is 27.0 Å². The highest BCUT2D eigenvalue weighted by Crippen LogP contribution is 2.53. The molecule has 0 spiro atoms. The molecule has 0 amide bonds. The van der Waals surface area contributed by atoms with E-state index >= 15 is 0 Å². The maximum Gasteiger partial charge on any atom is 0.301 e. The van der Waals surface area contributed by atoms with Crippen molar-refractivity contribution < 1.29 is 30.5 Å². The number of hydrogen-bond acceptors (Lipinski definition) is 8. The Balaban J connectivity index is 1.29. The van der Waals surface area contributed by atoms with Gasteiger partial charge in [-0.15, -0.1) is 11.8 Å². The summed E-state index contributed by atoms with van der Waals surface area (Å²) in [4.78, 5) is 2.63. The van der Waals surface area contributed by atoms with Crippen LogP contribution in [-0.4, -0.2) is 84.3 Å². The van der Waals surface area contributed by atoms with Crippen molar-refractivity contribution in [3.8, 4) is 0 Å². The minimum Gasteiger partial charge on any atom is -0.748 e. The lowest BCUT2D eigenvalue weighted by Gasteiger charge is -2.45. The molecule has 254 valence electrons. The lowest BCUT2D eigenvalue weighted by atomic mass is 9.68. The number of allylic oxidation sites excluding steroid dienone is 2. The molecule has 0 aromatic carbocycles. The minimum absolute atomic E-state index is 0.271. The molecule has 9 unspecified atom stereocenters. The van der Waals surface area contributed by atoms with Crippen LogP contribution in [0.2, 0.25) is 0 Å². The molecular formula is C33H52N2O6S4. The van der Waals surface area contributed by atoms with Gasteiger partial charge in [-0.2, -0.15) is 4.21 Å². The van der Waals surface area contributed by atoms with Gasteiger partial charge in [0.25, 0.3) is 0 Å². The molecule has 6 aliphatic rings. The predicted octanol–water partition coefficient (Wildman–Crippen LogP) is 6.52. The topological polar surface area (TPSA) is 110 Å². The summed E-state index contributed by atoms with van der Waals surface area (Å²) in [6, 6.07) is 0.948. The maximum absolute atomic E-state index is 11.5. The number of thioether (sulfide) groups is 2. The normalized spacial score (nSPS) is 36.9. The zero-order chi connectivity index (χ0) is 31.6. The third-order valence-corrected chi connectivity index (χ3v) is 15.6. The summed E-state index contributed by atoms with van der Waals surface area (Å²) in [7, 11) is -4.23. The first-order valence-corrected chi connectivity index (χ1v) is 21.9. The molecule has 12 heteroatoms. The summed E-state index contributed by atoms with van der Waals surface area (Å²) < 4.78 is 62.4. The van der Waals surface area contributed by atoms with E-state index in [4.69, 9.17) is 8.74 Å². The van der Waals surface area contributed by atoms with Crippen LogP contribution in [0.4, 0.5) is 0 Å². The van der Waals surface area contributed by atoms with Gasteiger partial charge in [-0.3, -0.25) is 8.74 Å². The summed E-state index contributed by atoms with van der Waals surface area (Å²) in [5.41, 5.74) is 1.29. The van der Waals surface area contributed by atoms with Crippen molar-refractivity contribution >= 4 is 50.0 Å². The monoisotopic (exact) mass is 700 g/mol. The number of rotatable bonds is 12. The molecule has 9 atom stereocenters. The van der Waals surface area contributed by atoms with E-state index in [1.54, 1.807) is 0 Å². The summed E-state index contributed by atoms with van der Waals surface area (Å²) in [6.45, 7) is 3.94. The predicted molar refractivity (Wildman–Crippen MR) is 184 cm³/mol. The van der Waals surface area contributed by atoms with Crippen LogP contribution in [-0.2, 0) is 25.7 Å². The van der Waals surface area contributed by atoms with Crippen LogP contribution >= 0.6 is 23.5 Å². The van der Waals surface area contributed by atoms with Gasteiger partial charge in [0, 0.05) is 42.0 Å². The average molecular weight is 701 g/mol. The fourth-order valence-electron chi connectivity index (χ4n) is 9.69. The van der Waals surface area contributed by atoms with Gasteiger partial charge in [-0.05, 0) is 99.0 Å². The van der Waals surface area contributed by atoms with Crippen LogP contribution in [0.1, 0.15) is 103 Å². The smallest absolute Gasteiger partial charge is 0.301 e. The second-order valence-electron chi connectivity index (χ2n) is 14.2. The zero-order valence-electron chi connectivity index (χ0n) is 26.7. The quantitative estimate of drug-likeness (QED) is 0.105. The third kappa shape index (κ3) is 8.27. The van der Waals surface area contributed by atoms with Crippen molar-refractivity contribution in [3.63, 3.8) is 0 Å². The van der Waals surface area contributed by atoms with Crippen LogP contribution in [0.3, 0.4) is 0 Å². The molecular weight excluding hydrogens is 649 g/mol. The van der Waals surface area contributed by atoms with Crippen LogP contribution in [0.15, 0.2) is 22.8 Å². The Kier molecular flexibility index (Phi) is 11.8. The molecule has 4 aliphatic carbocycles. The van der Waals surface area contributed by atoms with Gasteiger partial charge in [0.1, 0.15) is 6.54 Å². The second kappa shape index (κ2) is 15.5. The van der Waals surface area contributed by atoms with Gasteiger partial charge in [-0.1, -0.05) is 39.0 Å². The Morgan fingerprint density at radius 3 is 2.40 bits per heavy atom. The molecule has 0 bridgehead atoms. The van der Waals surface area contributed by atoms with Gasteiger partial charge in [0.2, 0.25) is 5.04 Å². The van der Waals surface area contributed by atoms with E-state index in [-0.39, 0.29) is 12.4 Å². The van der Waals surface area contributed by atoms with Crippen LogP contribution < -0.4 is 0 Å². The van der Waals surface area contributed by atoms with Crippen molar-refractivity contribution in [2.75, 3.05) is 25.4 Å². The second-order valence-corrected chi connectivity index (χ2v) is 18.9. The molecule has 45 heavy (non-hydrogen) atoms. The van der Waals surface area contributed by atoms with Crippen molar-refractivity contribution in [1.29, 1.82) is 0 Å². The van der Waals surface area contributed by atoms with Crippen molar-refractivity contribution in [2.24, 2.45) is 23.7 Å². The van der Waals surface area contributed by atoms with E-state index in [1.807, 2.05) is 23.5 Å². The largest absolute Gasteiger partial charge is 0.748 e. The highest BCUT2D eigenvalue weighted by molar-refractivity contribution is 8.14. The van der Waals surface area contributed by atoms with Crippen molar-refractivity contribution in [1.82, 2.24) is 4.90 Å². The first-order valence-electron chi connectivity index (χ1n) is 17.6. The Morgan fingerprint density at radius 2 is 1.69 bits per heavy atom. The Morgan fingerprint density at radius 1 is 1.00 bits per heavy atom. The van der Waals surface area contributed by atoms with E-state index in [0.29, 0.717) is 47.9 Å². The van der Waals surface area contributed by atoms with E-state index < -0.39 is 21.5 Å². The molecule has 5 fully saturated rings. The fourth-order valence-corrected chi connectivity index (χ4v) is 13.7. The molecule has 0 radical (unpaired) electrons. The molecule has 8 nitrogen and oxygen atoms in total. The van der Waals surface area contributed by atoms with E-state index in [0.717, 1.165) is 30.7 Å². The molecule has 2 heterocycles. The molecule has 2 aliphatic heterocycles. The van der Waals surface area contributed by atoms with E-state index in [2.05, 4.69) is 28.6 Å². The number of nitrogens with zero attached hydrogens (tertiary/aromatic N) is 2. The van der Waals surface area contributed by atoms with E-state index in [9.17, 15) is 17.2 Å². The highest BCUT2D eigenvalue weighted by Gasteiger charge is 2.52. The number of fused-ring (bicyclic) bond motifs is 6. The average Bonchev–Trinajstić information content (AvgIpc) is 3.55. The van der Waals surface area contributed by atoms with Gasteiger partial charge in [0.15, 0.2) is 6.04 Å². The Labute approximate surface area is 281 Å². The molecule has 1 saturated heterocycles.